The van der Waals surface area contributed by atoms with Gasteiger partial charge in [0, 0.05) is 13.2 Å². The first-order chi connectivity index (χ1) is 4.85. The van der Waals surface area contributed by atoms with Gasteiger partial charge in [-0.25, -0.2) is 0 Å². The normalized spacial score (nSPS) is 9.36. The molecule has 0 aliphatic heterocycles. The molecular formula is C8H15LiO2. The first-order valence-electron chi connectivity index (χ1n) is 3.58. The van der Waals surface area contributed by atoms with Crippen molar-refractivity contribution in [2.24, 2.45) is 0 Å². The fraction of sp³-hybridized carbons (Fsp3) is 0.750. The van der Waals surface area contributed by atoms with Crippen LogP contribution < -0.4 is 18.9 Å². The number of hydrogen-bond acceptors (Lipinski definition) is 2. The first-order valence-corrected chi connectivity index (χ1v) is 3.58. The monoisotopic (exact) mass is 150 g/mol. The van der Waals surface area contributed by atoms with Crippen molar-refractivity contribution in [3.63, 3.8) is 0 Å². The third-order valence-corrected chi connectivity index (χ3v) is 1.02. The first kappa shape index (κ1) is 13.8. The molecule has 0 N–H and O–H groups in total. The second-order valence-electron chi connectivity index (χ2n) is 1.79. The Morgan fingerprint density at radius 2 is 1.73 bits per heavy atom. The van der Waals surface area contributed by atoms with E-state index in [4.69, 9.17) is 9.47 Å². The van der Waals surface area contributed by atoms with E-state index in [0.717, 1.165) is 0 Å². The van der Waals surface area contributed by atoms with E-state index in [2.05, 4.69) is 12.7 Å². The van der Waals surface area contributed by atoms with Crippen LogP contribution in [0.25, 0.3) is 0 Å². The van der Waals surface area contributed by atoms with E-state index in [1.165, 1.54) is 0 Å². The van der Waals surface area contributed by atoms with Crippen molar-refractivity contribution < 1.29 is 28.3 Å². The SMILES string of the molecule is C=[C-]CC(OCC)OCC.[Li+]. The van der Waals surface area contributed by atoms with Crippen LogP contribution in [0.2, 0.25) is 0 Å². The summed E-state index contributed by atoms with van der Waals surface area (Å²) in [6.45, 7) is 8.71. The Hall–Kier alpha value is 0.257. The molecule has 3 heteroatoms. The molecule has 0 atom stereocenters. The van der Waals surface area contributed by atoms with Crippen molar-refractivity contribution in [2.45, 2.75) is 26.6 Å². The molecule has 0 aromatic rings. The molecule has 0 aromatic carbocycles. The van der Waals surface area contributed by atoms with Gasteiger partial charge in [-0.05, 0) is 13.8 Å². The van der Waals surface area contributed by atoms with Crippen LogP contribution in [0.5, 0.6) is 0 Å². The van der Waals surface area contributed by atoms with E-state index in [1.54, 1.807) is 0 Å². The molecule has 0 unspecified atom stereocenters. The Morgan fingerprint density at radius 3 is 2.00 bits per heavy atom. The maximum Gasteiger partial charge on any atom is 1.00 e. The summed E-state index contributed by atoms with van der Waals surface area (Å²) in [5.41, 5.74) is 0. The predicted octanol–water partition coefficient (Wildman–Crippen LogP) is -1.23. The summed E-state index contributed by atoms with van der Waals surface area (Å²) < 4.78 is 10.4. The fourth-order valence-corrected chi connectivity index (χ4v) is 0.656. The minimum absolute atomic E-state index is 0. The summed E-state index contributed by atoms with van der Waals surface area (Å²) in [6.07, 6.45) is 3.23. The summed E-state index contributed by atoms with van der Waals surface area (Å²) in [7, 11) is 0. The Kier molecular flexibility index (Phi) is 12.9. The van der Waals surface area contributed by atoms with Crippen LogP contribution in [-0.2, 0) is 9.47 Å². The van der Waals surface area contributed by atoms with Crippen LogP contribution in [0.15, 0.2) is 6.58 Å². The van der Waals surface area contributed by atoms with Crippen molar-refractivity contribution in [3.8, 4) is 0 Å². The van der Waals surface area contributed by atoms with Crippen molar-refractivity contribution in [3.05, 3.63) is 12.7 Å². The van der Waals surface area contributed by atoms with E-state index < -0.39 is 0 Å². The standard InChI is InChI=1S/C8H15O2.Li/c1-4-7-8(9-5-2)10-6-3;/h8H,1,5-7H2,2-3H3;/q-1;+1. The van der Waals surface area contributed by atoms with Gasteiger partial charge in [-0.1, -0.05) is 0 Å². The number of rotatable bonds is 6. The summed E-state index contributed by atoms with van der Waals surface area (Å²) in [4.78, 5) is 0. The van der Waals surface area contributed by atoms with Crippen LogP contribution in [0, 0.1) is 6.08 Å². The summed E-state index contributed by atoms with van der Waals surface area (Å²) in [5, 5.41) is 0. The molecule has 0 aromatic heterocycles. The van der Waals surface area contributed by atoms with Gasteiger partial charge in [-0.15, -0.1) is 6.42 Å². The van der Waals surface area contributed by atoms with Gasteiger partial charge >= 0.3 is 18.9 Å². The van der Waals surface area contributed by atoms with Crippen molar-refractivity contribution in [1.82, 2.24) is 0 Å². The zero-order chi connectivity index (χ0) is 7.82. The second kappa shape index (κ2) is 10.3. The van der Waals surface area contributed by atoms with E-state index >= 15 is 0 Å². The molecule has 0 bridgehead atoms. The molecule has 0 rings (SSSR count). The third kappa shape index (κ3) is 8.16. The third-order valence-electron chi connectivity index (χ3n) is 1.02. The van der Waals surface area contributed by atoms with Gasteiger partial charge < -0.3 is 15.5 Å². The maximum atomic E-state index is 5.20. The van der Waals surface area contributed by atoms with Gasteiger partial charge in [0.2, 0.25) is 0 Å². The average Bonchev–Trinajstić information content (AvgIpc) is 1.90. The van der Waals surface area contributed by atoms with E-state index in [9.17, 15) is 0 Å². The Bertz CT molecular complexity index is 80.2. The van der Waals surface area contributed by atoms with Gasteiger partial charge in [-0.2, -0.15) is 0 Å². The van der Waals surface area contributed by atoms with E-state index in [-0.39, 0.29) is 25.2 Å². The molecular weight excluding hydrogens is 135 g/mol. The van der Waals surface area contributed by atoms with Crippen LogP contribution >= 0.6 is 0 Å². The van der Waals surface area contributed by atoms with Crippen LogP contribution in [0.3, 0.4) is 0 Å². The smallest absolute Gasteiger partial charge is 0.499 e. The maximum absolute atomic E-state index is 5.20. The summed E-state index contributed by atoms with van der Waals surface area (Å²) in [5.74, 6) is 0. The molecule has 60 valence electrons. The summed E-state index contributed by atoms with van der Waals surface area (Å²) >= 11 is 0. The van der Waals surface area contributed by atoms with Gasteiger partial charge in [0.05, 0.1) is 0 Å². The zero-order valence-corrected chi connectivity index (χ0v) is 7.72. The van der Waals surface area contributed by atoms with E-state index in [1.807, 2.05) is 13.8 Å². The minimum atomic E-state index is -0.146. The minimum Gasteiger partial charge on any atom is -0.499 e. The zero-order valence-electron chi connectivity index (χ0n) is 7.72. The average molecular weight is 150 g/mol. The Morgan fingerprint density at radius 1 is 1.27 bits per heavy atom. The summed E-state index contributed by atoms with van der Waals surface area (Å²) in [6, 6.07) is 0. The van der Waals surface area contributed by atoms with Gasteiger partial charge in [0.1, 0.15) is 6.29 Å². The molecule has 0 amide bonds. The molecule has 0 heterocycles. The van der Waals surface area contributed by atoms with Crippen molar-refractivity contribution >= 4 is 0 Å². The molecule has 11 heavy (non-hydrogen) atoms. The molecule has 0 radical (unpaired) electrons. The number of ether oxygens (including phenoxy) is 2. The molecule has 0 aliphatic rings. The number of hydrogen-bond donors (Lipinski definition) is 0. The molecule has 2 nitrogen and oxygen atoms in total. The van der Waals surface area contributed by atoms with Gasteiger partial charge in [0.15, 0.2) is 0 Å². The largest absolute Gasteiger partial charge is 1.00 e. The molecule has 0 fully saturated rings. The topological polar surface area (TPSA) is 18.5 Å². The molecule has 0 saturated heterocycles. The van der Waals surface area contributed by atoms with Crippen molar-refractivity contribution in [1.29, 1.82) is 0 Å². The van der Waals surface area contributed by atoms with Crippen LogP contribution in [0.4, 0.5) is 0 Å². The molecule has 0 aliphatic carbocycles. The van der Waals surface area contributed by atoms with Crippen molar-refractivity contribution in [2.75, 3.05) is 13.2 Å². The molecule has 0 saturated carbocycles. The molecule has 0 spiro atoms. The van der Waals surface area contributed by atoms with Crippen LogP contribution in [-0.4, -0.2) is 19.5 Å². The second-order valence-corrected chi connectivity index (χ2v) is 1.79. The fourth-order valence-electron chi connectivity index (χ4n) is 0.656. The van der Waals surface area contributed by atoms with Crippen LogP contribution in [0.1, 0.15) is 20.3 Å². The quantitative estimate of drug-likeness (QED) is 0.268. The van der Waals surface area contributed by atoms with E-state index in [0.29, 0.717) is 19.6 Å². The Balaban J connectivity index is 0. The van der Waals surface area contributed by atoms with Gasteiger partial charge in [-0.3, -0.25) is 6.58 Å². The van der Waals surface area contributed by atoms with Gasteiger partial charge in [0.25, 0.3) is 0 Å². The Labute approximate surface area is 81.1 Å². The predicted molar refractivity (Wildman–Crippen MR) is 40.5 cm³/mol.